The van der Waals surface area contributed by atoms with Crippen molar-refractivity contribution in [1.29, 1.82) is 0 Å². The van der Waals surface area contributed by atoms with Crippen molar-refractivity contribution in [2.45, 2.75) is 24.3 Å². The van der Waals surface area contributed by atoms with Crippen LogP contribution >= 0.6 is 11.6 Å². The molecule has 0 aromatic heterocycles. The van der Waals surface area contributed by atoms with Gasteiger partial charge in [-0.15, -0.1) is 0 Å². The van der Waals surface area contributed by atoms with Gasteiger partial charge in [-0.2, -0.15) is 8.42 Å². The molecular formula is C9H10ClNO5S. The Hall–Kier alpha value is -1.18. The predicted molar refractivity (Wildman–Crippen MR) is 61.3 cm³/mol. The summed E-state index contributed by atoms with van der Waals surface area (Å²) in [7, 11) is -4.56. The van der Waals surface area contributed by atoms with Gasteiger partial charge in [0.1, 0.15) is 4.90 Å². The first-order chi connectivity index (χ1) is 7.56. The van der Waals surface area contributed by atoms with Gasteiger partial charge in [-0.3, -0.25) is 14.7 Å². The summed E-state index contributed by atoms with van der Waals surface area (Å²) in [5, 5.41) is 11.0. The highest BCUT2D eigenvalue weighted by Crippen LogP contribution is 2.31. The Morgan fingerprint density at radius 1 is 1.41 bits per heavy atom. The van der Waals surface area contributed by atoms with Crippen molar-refractivity contribution >= 4 is 21.7 Å². The largest absolute Gasteiger partial charge is 0.295 e. The van der Waals surface area contributed by atoms with E-state index in [1.165, 1.54) is 26.0 Å². The van der Waals surface area contributed by atoms with E-state index in [1.807, 2.05) is 0 Å². The second-order valence-electron chi connectivity index (χ2n) is 3.93. The SMILES string of the molecule is CC(C)(c1ccc(Cl)cc1S(=O)(=O)O)[N+](=O)[O-]. The van der Waals surface area contributed by atoms with Gasteiger partial charge in [0.15, 0.2) is 0 Å². The highest BCUT2D eigenvalue weighted by atomic mass is 35.5. The van der Waals surface area contributed by atoms with Crippen molar-refractivity contribution in [2.75, 3.05) is 0 Å². The first-order valence-electron chi connectivity index (χ1n) is 4.49. The molecule has 0 atom stereocenters. The summed E-state index contributed by atoms with van der Waals surface area (Å²) in [6.45, 7) is 2.48. The van der Waals surface area contributed by atoms with Crippen molar-refractivity contribution in [3.05, 3.63) is 38.9 Å². The topological polar surface area (TPSA) is 97.5 Å². The molecule has 1 aromatic rings. The molecule has 1 rings (SSSR count). The van der Waals surface area contributed by atoms with Gasteiger partial charge < -0.3 is 0 Å². The average Bonchev–Trinajstić information content (AvgIpc) is 2.15. The van der Waals surface area contributed by atoms with Crippen LogP contribution in [0.5, 0.6) is 0 Å². The summed E-state index contributed by atoms with van der Waals surface area (Å²) in [5.41, 5.74) is -1.76. The Balaban J connectivity index is 3.61. The van der Waals surface area contributed by atoms with E-state index in [2.05, 4.69) is 0 Å². The van der Waals surface area contributed by atoms with Crippen LogP contribution in [0.1, 0.15) is 19.4 Å². The number of hydrogen-bond donors (Lipinski definition) is 1. The first kappa shape index (κ1) is 13.9. The van der Waals surface area contributed by atoms with Gasteiger partial charge in [0.25, 0.3) is 10.1 Å². The van der Waals surface area contributed by atoms with Crippen LogP contribution in [0, 0.1) is 10.1 Å². The molecule has 0 aliphatic carbocycles. The maximum Gasteiger partial charge on any atom is 0.295 e. The molecule has 17 heavy (non-hydrogen) atoms. The Morgan fingerprint density at radius 2 is 1.94 bits per heavy atom. The molecule has 94 valence electrons. The average molecular weight is 280 g/mol. The lowest BCUT2D eigenvalue weighted by Crippen LogP contribution is -2.29. The van der Waals surface area contributed by atoms with E-state index in [4.69, 9.17) is 16.2 Å². The third-order valence-electron chi connectivity index (χ3n) is 2.34. The minimum Gasteiger partial charge on any atom is -0.282 e. The lowest BCUT2D eigenvalue weighted by molar-refractivity contribution is -0.570. The molecule has 0 radical (unpaired) electrons. The monoisotopic (exact) mass is 279 g/mol. The lowest BCUT2D eigenvalue weighted by Gasteiger charge is -2.18. The van der Waals surface area contributed by atoms with Crippen LogP contribution < -0.4 is 0 Å². The number of halogens is 1. The molecule has 6 nitrogen and oxygen atoms in total. The minimum atomic E-state index is -4.56. The fourth-order valence-corrected chi connectivity index (χ4v) is 2.42. The maximum absolute atomic E-state index is 11.1. The Morgan fingerprint density at radius 3 is 2.35 bits per heavy atom. The second kappa shape index (κ2) is 4.25. The molecular weight excluding hydrogens is 270 g/mol. The van der Waals surface area contributed by atoms with Crippen molar-refractivity contribution < 1.29 is 17.9 Å². The van der Waals surface area contributed by atoms with Crippen molar-refractivity contribution in [3.63, 3.8) is 0 Å². The quantitative estimate of drug-likeness (QED) is 0.519. The van der Waals surface area contributed by atoms with Crippen LogP contribution in [0.4, 0.5) is 0 Å². The standard InChI is InChI=1S/C9H10ClNO5S/c1-9(2,11(12)13)7-4-3-6(10)5-8(7)17(14,15)16/h3-5H,1-2H3,(H,14,15,16). The van der Waals surface area contributed by atoms with E-state index >= 15 is 0 Å². The zero-order chi connectivity index (χ0) is 13.4. The van der Waals surface area contributed by atoms with E-state index in [0.29, 0.717) is 0 Å². The summed E-state index contributed by atoms with van der Waals surface area (Å²) in [5.74, 6) is 0. The smallest absolute Gasteiger partial charge is 0.282 e. The summed E-state index contributed by atoms with van der Waals surface area (Å²) >= 11 is 5.61. The number of hydrogen-bond acceptors (Lipinski definition) is 4. The Labute approximate surface area is 103 Å². The van der Waals surface area contributed by atoms with Gasteiger partial charge in [-0.05, 0) is 18.2 Å². The summed E-state index contributed by atoms with van der Waals surface area (Å²) in [6, 6.07) is 3.53. The number of nitrogens with zero attached hydrogens (tertiary/aromatic N) is 1. The van der Waals surface area contributed by atoms with Gasteiger partial charge >= 0.3 is 0 Å². The van der Waals surface area contributed by atoms with E-state index in [-0.39, 0.29) is 10.6 Å². The van der Waals surface area contributed by atoms with Gasteiger partial charge in [-0.1, -0.05) is 11.6 Å². The summed E-state index contributed by atoms with van der Waals surface area (Å²) in [4.78, 5) is 9.70. The van der Waals surface area contributed by atoms with Crippen molar-refractivity contribution in [2.24, 2.45) is 0 Å². The Kier molecular flexibility index (Phi) is 3.47. The molecule has 0 aliphatic rings. The van der Waals surface area contributed by atoms with Gasteiger partial charge in [0.2, 0.25) is 5.54 Å². The molecule has 0 amide bonds. The summed E-state index contributed by atoms with van der Waals surface area (Å²) in [6.07, 6.45) is 0. The van der Waals surface area contributed by atoms with Crippen LogP contribution in [0.15, 0.2) is 23.1 Å². The van der Waals surface area contributed by atoms with Gasteiger partial charge in [0, 0.05) is 29.4 Å². The molecule has 0 saturated carbocycles. The number of nitro groups is 1. The van der Waals surface area contributed by atoms with E-state index in [0.717, 1.165) is 6.07 Å². The fraction of sp³-hybridized carbons (Fsp3) is 0.333. The van der Waals surface area contributed by atoms with Crippen molar-refractivity contribution in [3.8, 4) is 0 Å². The number of benzene rings is 1. The van der Waals surface area contributed by atoms with E-state index < -0.39 is 25.5 Å². The molecule has 0 heterocycles. The minimum absolute atomic E-state index is 0.0699. The molecule has 0 spiro atoms. The highest BCUT2D eigenvalue weighted by Gasteiger charge is 2.38. The zero-order valence-electron chi connectivity index (χ0n) is 9.05. The third-order valence-corrected chi connectivity index (χ3v) is 3.47. The molecule has 0 aliphatic heterocycles. The Bertz CT molecular complexity index is 567. The van der Waals surface area contributed by atoms with Crippen LogP contribution in [0.2, 0.25) is 5.02 Å². The van der Waals surface area contributed by atoms with Crippen LogP contribution in [-0.4, -0.2) is 17.9 Å². The van der Waals surface area contributed by atoms with E-state index in [1.54, 1.807) is 0 Å². The van der Waals surface area contributed by atoms with Gasteiger partial charge in [0.05, 0.1) is 0 Å². The molecule has 0 fully saturated rings. The fourth-order valence-electron chi connectivity index (χ4n) is 1.31. The lowest BCUT2D eigenvalue weighted by atomic mass is 9.95. The molecule has 0 unspecified atom stereocenters. The number of rotatable bonds is 3. The predicted octanol–water partition coefficient (Wildman–Crippen LogP) is 2.10. The molecule has 0 bridgehead atoms. The maximum atomic E-state index is 11.1. The van der Waals surface area contributed by atoms with Crippen LogP contribution in [0.3, 0.4) is 0 Å². The van der Waals surface area contributed by atoms with Crippen LogP contribution in [-0.2, 0) is 15.7 Å². The van der Waals surface area contributed by atoms with Crippen LogP contribution in [0.25, 0.3) is 0 Å². The molecule has 0 saturated heterocycles. The second-order valence-corrected chi connectivity index (χ2v) is 5.76. The molecule has 1 N–H and O–H groups in total. The first-order valence-corrected chi connectivity index (χ1v) is 6.30. The normalized spacial score (nSPS) is 12.5. The van der Waals surface area contributed by atoms with E-state index in [9.17, 15) is 18.5 Å². The van der Waals surface area contributed by atoms with Crippen molar-refractivity contribution in [1.82, 2.24) is 0 Å². The highest BCUT2D eigenvalue weighted by molar-refractivity contribution is 7.85. The summed E-state index contributed by atoms with van der Waals surface area (Å²) < 4.78 is 31.3. The third kappa shape index (κ3) is 2.74. The zero-order valence-corrected chi connectivity index (χ0v) is 10.6. The van der Waals surface area contributed by atoms with Gasteiger partial charge in [-0.25, -0.2) is 0 Å². The molecule has 8 heteroatoms. The molecule has 1 aromatic carbocycles.